The smallest absolute Gasteiger partial charge is 0.305 e. The van der Waals surface area contributed by atoms with Gasteiger partial charge < -0.3 is 15.4 Å². The van der Waals surface area contributed by atoms with Crippen LogP contribution >= 0.6 is 0 Å². The quantitative estimate of drug-likeness (QED) is 0.722. The van der Waals surface area contributed by atoms with E-state index in [1.807, 2.05) is 30.1 Å². The van der Waals surface area contributed by atoms with Crippen LogP contribution in [0.15, 0.2) is 18.5 Å². The van der Waals surface area contributed by atoms with Crippen molar-refractivity contribution in [1.29, 1.82) is 0 Å². The third kappa shape index (κ3) is 2.32. The van der Waals surface area contributed by atoms with Gasteiger partial charge in [-0.25, -0.2) is 0 Å². The molecule has 0 radical (unpaired) electrons. The Morgan fingerprint density at radius 1 is 1.77 bits per heavy atom. The minimum absolute atomic E-state index is 0.0585. The van der Waals surface area contributed by atoms with E-state index < -0.39 is 11.5 Å². The number of carbonyl (C=O) groups is 1. The van der Waals surface area contributed by atoms with E-state index in [9.17, 15) is 4.79 Å². The molecule has 0 aromatic carbocycles. The van der Waals surface area contributed by atoms with Crippen LogP contribution in [0.25, 0.3) is 0 Å². The van der Waals surface area contributed by atoms with Crippen LogP contribution in [-0.4, -0.2) is 15.6 Å². The van der Waals surface area contributed by atoms with Crippen LogP contribution in [0.2, 0.25) is 0 Å². The highest BCUT2D eigenvalue weighted by molar-refractivity contribution is 5.68. The van der Waals surface area contributed by atoms with Crippen molar-refractivity contribution in [3.05, 3.63) is 24.0 Å². The molecule has 72 valence electrons. The molecule has 4 nitrogen and oxygen atoms in total. The third-order valence-corrected chi connectivity index (χ3v) is 2.01. The first-order valence-corrected chi connectivity index (χ1v) is 4.05. The van der Waals surface area contributed by atoms with Crippen LogP contribution in [0.1, 0.15) is 18.9 Å². The average molecular weight is 182 g/mol. The minimum Gasteiger partial charge on any atom is -0.481 e. The van der Waals surface area contributed by atoms with Crippen molar-refractivity contribution < 1.29 is 9.90 Å². The van der Waals surface area contributed by atoms with Crippen LogP contribution in [0.5, 0.6) is 0 Å². The zero-order chi connectivity index (χ0) is 10.1. The summed E-state index contributed by atoms with van der Waals surface area (Å²) in [6.45, 7) is 1.72. The molecule has 1 heterocycles. The molecule has 0 amide bonds. The van der Waals surface area contributed by atoms with Crippen molar-refractivity contribution in [2.45, 2.75) is 18.9 Å². The molecule has 0 aliphatic carbocycles. The number of aryl methyl sites for hydroxylation is 1. The van der Waals surface area contributed by atoms with Gasteiger partial charge in [-0.3, -0.25) is 4.79 Å². The summed E-state index contributed by atoms with van der Waals surface area (Å²) in [6.07, 6.45) is 3.63. The van der Waals surface area contributed by atoms with Gasteiger partial charge in [0.05, 0.1) is 12.0 Å². The fourth-order valence-corrected chi connectivity index (χ4v) is 1.26. The van der Waals surface area contributed by atoms with Gasteiger partial charge in [0, 0.05) is 19.4 Å². The van der Waals surface area contributed by atoms with Gasteiger partial charge in [0.1, 0.15) is 0 Å². The van der Waals surface area contributed by atoms with Crippen LogP contribution < -0.4 is 5.73 Å². The van der Waals surface area contributed by atoms with E-state index in [4.69, 9.17) is 10.8 Å². The summed E-state index contributed by atoms with van der Waals surface area (Å²) < 4.78 is 1.85. The summed E-state index contributed by atoms with van der Waals surface area (Å²) in [6, 6.07) is 1.84. The van der Waals surface area contributed by atoms with Gasteiger partial charge in [-0.15, -0.1) is 0 Å². The number of nitrogens with two attached hydrogens (primary N) is 1. The van der Waals surface area contributed by atoms with Gasteiger partial charge in [-0.2, -0.15) is 0 Å². The second-order valence-electron chi connectivity index (χ2n) is 3.55. The van der Waals surface area contributed by atoms with E-state index in [2.05, 4.69) is 0 Å². The molecule has 0 saturated carbocycles. The molecule has 3 N–H and O–H groups in total. The largest absolute Gasteiger partial charge is 0.481 e. The molecule has 1 rings (SSSR count). The fraction of sp³-hybridized carbons (Fsp3) is 0.444. The second-order valence-corrected chi connectivity index (χ2v) is 3.55. The highest BCUT2D eigenvalue weighted by Crippen LogP contribution is 2.21. The lowest BCUT2D eigenvalue weighted by molar-refractivity contribution is -0.138. The van der Waals surface area contributed by atoms with Gasteiger partial charge in [-0.1, -0.05) is 0 Å². The van der Waals surface area contributed by atoms with Crippen molar-refractivity contribution in [1.82, 2.24) is 4.57 Å². The minimum atomic E-state index is -0.881. The molecule has 0 spiro atoms. The molecule has 1 aromatic rings. The molecular weight excluding hydrogens is 168 g/mol. The molecule has 1 aromatic heterocycles. The number of hydrogen-bond acceptors (Lipinski definition) is 2. The van der Waals surface area contributed by atoms with Crippen LogP contribution in [-0.2, 0) is 17.4 Å². The van der Waals surface area contributed by atoms with Crippen molar-refractivity contribution >= 4 is 5.97 Å². The molecular formula is C9H14N2O2. The second kappa shape index (κ2) is 3.22. The Kier molecular flexibility index (Phi) is 2.43. The van der Waals surface area contributed by atoms with Crippen LogP contribution in [0, 0.1) is 0 Å². The van der Waals surface area contributed by atoms with E-state index in [1.54, 1.807) is 6.92 Å². The van der Waals surface area contributed by atoms with E-state index >= 15 is 0 Å². The van der Waals surface area contributed by atoms with Crippen LogP contribution in [0.3, 0.4) is 0 Å². The SMILES string of the molecule is Cn1ccc(C(C)(N)CC(=O)O)c1. The number of rotatable bonds is 3. The summed E-state index contributed by atoms with van der Waals surface area (Å²) >= 11 is 0. The highest BCUT2D eigenvalue weighted by Gasteiger charge is 2.25. The molecule has 0 saturated heterocycles. The van der Waals surface area contributed by atoms with E-state index in [1.165, 1.54) is 0 Å². The lowest BCUT2D eigenvalue weighted by Gasteiger charge is -2.20. The molecule has 0 fully saturated rings. The highest BCUT2D eigenvalue weighted by atomic mass is 16.4. The first-order chi connectivity index (χ1) is 5.92. The lowest BCUT2D eigenvalue weighted by Crippen LogP contribution is -2.35. The van der Waals surface area contributed by atoms with E-state index in [0.717, 1.165) is 5.56 Å². The van der Waals surface area contributed by atoms with Crippen molar-refractivity contribution in [3.8, 4) is 0 Å². The summed E-state index contributed by atoms with van der Waals surface area (Å²) in [7, 11) is 1.88. The number of nitrogens with zero attached hydrogens (tertiary/aromatic N) is 1. The first-order valence-electron chi connectivity index (χ1n) is 4.05. The van der Waals surface area contributed by atoms with Crippen LogP contribution in [0.4, 0.5) is 0 Å². The van der Waals surface area contributed by atoms with Gasteiger partial charge in [0.2, 0.25) is 0 Å². The number of aliphatic carboxylic acids is 1. The molecule has 13 heavy (non-hydrogen) atoms. The average Bonchev–Trinajstić information content (AvgIpc) is 2.32. The maximum absolute atomic E-state index is 10.5. The maximum Gasteiger partial charge on any atom is 0.305 e. The third-order valence-electron chi connectivity index (χ3n) is 2.01. The Morgan fingerprint density at radius 2 is 2.38 bits per heavy atom. The van der Waals surface area contributed by atoms with E-state index in [0.29, 0.717) is 0 Å². The molecule has 0 aliphatic rings. The lowest BCUT2D eigenvalue weighted by atomic mass is 9.92. The zero-order valence-corrected chi connectivity index (χ0v) is 7.82. The fourth-order valence-electron chi connectivity index (χ4n) is 1.26. The molecule has 1 unspecified atom stereocenters. The first kappa shape index (κ1) is 9.80. The summed E-state index contributed by atoms with van der Waals surface area (Å²) in [4.78, 5) is 10.5. The number of carboxylic acids is 1. The van der Waals surface area contributed by atoms with Crippen molar-refractivity contribution in [2.75, 3.05) is 0 Å². The molecule has 0 aliphatic heterocycles. The zero-order valence-electron chi connectivity index (χ0n) is 7.82. The number of aromatic nitrogens is 1. The van der Waals surface area contributed by atoms with Gasteiger partial charge >= 0.3 is 5.97 Å². The number of hydrogen-bond donors (Lipinski definition) is 2. The monoisotopic (exact) mass is 182 g/mol. The number of carboxylic acid groups (broad SMARTS) is 1. The Bertz CT molecular complexity index is 315. The predicted octanol–water partition coefficient (Wildman–Crippen LogP) is 0.674. The Hall–Kier alpha value is -1.29. The van der Waals surface area contributed by atoms with E-state index in [-0.39, 0.29) is 6.42 Å². The Balaban J connectivity index is 2.86. The standard InChI is InChI=1S/C9H14N2O2/c1-9(10,5-8(12)13)7-3-4-11(2)6-7/h3-4,6H,5,10H2,1-2H3,(H,12,13). The van der Waals surface area contributed by atoms with Crippen molar-refractivity contribution in [2.24, 2.45) is 12.8 Å². The van der Waals surface area contributed by atoms with Gasteiger partial charge in [0.25, 0.3) is 0 Å². The van der Waals surface area contributed by atoms with Crippen molar-refractivity contribution in [3.63, 3.8) is 0 Å². The molecule has 1 atom stereocenters. The normalized spacial score (nSPS) is 15.3. The molecule has 4 heteroatoms. The summed E-state index contributed by atoms with van der Waals surface area (Å²) in [5, 5.41) is 8.63. The predicted molar refractivity (Wildman–Crippen MR) is 49.2 cm³/mol. The topological polar surface area (TPSA) is 68.2 Å². The Morgan fingerprint density at radius 3 is 2.77 bits per heavy atom. The molecule has 0 bridgehead atoms. The van der Waals surface area contributed by atoms with Gasteiger partial charge in [0.15, 0.2) is 0 Å². The summed E-state index contributed by atoms with van der Waals surface area (Å²) in [5.74, 6) is -0.881. The Labute approximate surface area is 77.0 Å². The summed E-state index contributed by atoms with van der Waals surface area (Å²) in [5.41, 5.74) is 5.92. The maximum atomic E-state index is 10.5. The van der Waals surface area contributed by atoms with Gasteiger partial charge in [-0.05, 0) is 18.6 Å².